The molecule has 0 bridgehead atoms. The summed E-state index contributed by atoms with van der Waals surface area (Å²) in [5.41, 5.74) is 1.25. The summed E-state index contributed by atoms with van der Waals surface area (Å²) in [6, 6.07) is 8.63. The summed E-state index contributed by atoms with van der Waals surface area (Å²) in [4.78, 5) is 27.1. The highest BCUT2D eigenvalue weighted by molar-refractivity contribution is 5.94. The van der Waals surface area contributed by atoms with E-state index in [-0.39, 0.29) is 5.69 Å². The van der Waals surface area contributed by atoms with E-state index in [1.807, 2.05) is 30.3 Å². The summed E-state index contributed by atoms with van der Waals surface area (Å²) in [6.45, 7) is 0. The van der Waals surface area contributed by atoms with Crippen LogP contribution in [0.25, 0.3) is 0 Å². The molecule has 2 aromatic rings. The zero-order valence-corrected chi connectivity index (χ0v) is 11.7. The zero-order chi connectivity index (χ0) is 15.2. The summed E-state index contributed by atoms with van der Waals surface area (Å²) in [6.07, 6.45) is 3.96. The van der Waals surface area contributed by atoms with Gasteiger partial charge in [0.25, 0.3) is 5.91 Å². The number of imidazole rings is 1. The fourth-order valence-corrected chi connectivity index (χ4v) is 1.98. The fourth-order valence-electron chi connectivity index (χ4n) is 1.98. The molecule has 1 aromatic carbocycles. The van der Waals surface area contributed by atoms with E-state index in [2.05, 4.69) is 10.3 Å². The Morgan fingerprint density at radius 2 is 2.05 bits per heavy atom. The SMILES string of the molecule is Cn1cnc(C(=O)NC(CCc2ccccc2)C(=O)O)c1. The molecular weight excluding hydrogens is 270 g/mol. The monoisotopic (exact) mass is 287 g/mol. The normalized spacial score (nSPS) is 11.9. The van der Waals surface area contributed by atoms with Crippen LogP contribution in [0.2, 0.25) is 0 Å². The Bertz CT molecular complexity index is 622. The molecule has 0 aliphatic carbocycles. The number of aryl methyl sites for hydroxylation is 2. The van der Waals surface area contributed by atoms with Gasteiger partial charge in [0.1, 0.15) is 11.7 Å². The topological polar surface area (TPSA) is 84.2 Å². The Hall–Kier alpha value is -2.63. The molecule has 1 aromatic heterocycles. The van der Waals surface area contributed by atoms with Crippen molar-refractivity contribution in [2.24, 2.45) is 7.05 Å². The lowest BCUT2D eigenvalue weighted by molar-refractivity contribution is -0.139. The second-order valence-electron chi connectivity index (χ2n) is 4.81. The number of carbonyl (C=O) groups is 2. The van der Waals surface area contributed by atoms with Crippen molar-refractivity contribution in [2.45, 2.75) is 18.9 Å². The van der Waals surface area contributed by atoms with E-state index in [1.54, 1.807) is 17.8 Å². The van der Waals surface area contributed by atoms with Gasteiger partial charge in [-0.1, -0.05) is 30.3 Å². The van der Waals surface area contributed by atoms with Gasteiger partial charge in [-0.15, -0.1) is 0 Å². The molecule has 1 amide bonds. The van der Waals surface area contributed by atoms with Gasteiger partial charge >= 0.3 is 5.97 Å². The van der Waals surface area contributed by atoms with E-state index in [0.717, 1.165) is 5.56 Å². The summed E-state index contributed by atoms with van der Waals surface area (Å²) in [7, 11) is 1.74. The maximum Gasteiger partial charge on any atom is 0.326 e. The van der Waals surface area contributed by atoms with Gasteiger partial charge in [-0.3, -0.25) is 4.79 Å². The quantitative estimate of drug-likeness (QED) is 0.837. The Kier molecular flexibility index (Phi) is 4.71. The van der Waals surface area contributed by atoms with Crippen LogP contribution in [0.3, 0.4) is 0 Å². The number of carboxylic acids is 1. The van der Waals surface area contributed by atoms with Crippen LogP contribution in [-0.4, -0.2) is 32.6 Å². The number of nitrogens with one attached hydrogen (secondary N) is 1. The predicted octanol–water partition coefficient (Wildman–Crippen LogP) is 1.24. The molecular formula is C15H17N3O3. The van der Waals surface area contributed by atoms with Crippen LogP contribution in [0.4, 0.5) is 0 Å². The highest BCUT2D eigenvalue weighted by atomic mass is 16.4. The van der Waals surface area contributed by atoms with Gasteiger partial charge in [-0.25, -0.2) is 9.78 Å². The first-order valence-electron chi connectivity index (χ1n) is 6.62. The van der Waals surface area contributed by atoms with Crippen molar-refractivity contribution in [3.8, 4) is 0 Å². The lowest BCUT2D eigenvalue weighted by atomic mass is 10.1. The Morgan fingerprint density at radius 3 is 2.62 bits per heavy atom. The van der Waals surface area contributed by atoms with Crippen LogP contribution in [0, 0.1) is 0 Å². The molecule has 0 radical (unpaired) electrons. The van der Waals surface area contributed by atoms with E-state index < -0.39 is 17.9 Å². The Labute approximate surface area is 122 Å². The average Bonchev–Trinajstić information content (AvgIpc) is 2.90. The Balaban J connectivity index is 1.96. The third-order valence-corrected chi connectivity index (χ3v) is 3.11. The molecule has 6 heteroatoms. The van der Waals surface area contributed by atoms with Crippen LogP contribution in [0.15, 0.2) is 42.9 Å². The van der Waals surface area contributed by atoms with E-state index in [1.165, 1.54) is 6.33 Å². The summed E-state index contributed by atoms with van der Waals surface area (Å²) in [5.74, 6) is -1.52. The number of carbonyl (C=O) groups excluding carboxylic acids is 1. The van der Waals surface area contributed by atoms with E-state index in [9.17, 15) is 14.7 Å². The molecule has 0 aliphatic rings. The number of carboxylic acid groups (broad SMARTS) is 1. The van der Waals surface area contributed by atoms with Gasteiger partial charge in [0.2, 0.25) is 0 Å². The van der Waals surface area contributed by atoms with Crippen molar-refractivity contribution in [1.82, 2.24) is 14.9 Å². The Morgan fingerprint density at radius 1 is 1.33 bits per heavy atom. The van der Waals surface area contributed by atoms with Crippen molar-refractivity contribution in [1.29, 1.82) is 0 Å². The second-order valence-corrected chi connectivity index (χ2v) is 4.81. The van der Waals surface area contributed by atoms with Crippen molar-refractivity contribution < 1.29 is 14.7 Å². The first-order chi connectivity index (χ1) is 10.1. The maximum absolute atomic E-state index is 11.9. The lowest BCUT2D eigenvalue weighted by Gasteiger charge is -2.13. The number of hydrogen-bond acceptors (Lipinski definition) is 3. The third kappa shape index (κ3) is 4.17. The van der Waals surface area contributed by atoms with Crippen LogP contribution in [0.5, 0.6) is 0 Å². The predicted molar refractivity (Wildman–Crippen MR) is 76.9 cm³/mol. The van der Waals surface area contributed by atoms with Crippen LogP contribution in [0.1, 0.15) is 22.5 Å². The van der Waals surface area contributed by atoms with E-state index in [0.29, 0.717) is 12.8 Å². The minimum absolute atomic E-state index is 0.212. The molecule has 0 spiro atoms. The third-order valence-electron chi connectivity index (χ3n) is 3.11. The van der Waals surface area contributed by atoms with Gasteiger partial charge in [-0.05, 0) is 18.4 Å². The molecule has 1 heterocycles. The van der Waals surface area contributed by atoms with Crippen LogP contribution >= 0.6 is 0 Å². The smallest absolute Gasteiger partial charge is 0.326 e. The minimum Gasteiger partial charge on any atom is -0.480 e. The zero-order valence-electron chi connectivity index (χ0n) is 11.7. The van der Waals surface area contributed by atoms with Gasteiger partial charge in [0.05, 0.1) is 6.33 Å². The molecule has 6 nitrogen and oxygen atoms in total. The first-order valence-corrected chi connectivity index (χ1v) is 6.62. The molecule has 2 rings (SSSR count). The van der Waals surface area contributed by atoms with Gasteiger partial charge in [0.15, 0.2) is 0 Å². The van der Waals surface area contributed by atoms with Gasteiger partial charge < -0.3 is 15.0 Å². The number of nitrogens with zero attached hydrogens (tertiary/aromatic N) is 2. The lowest BCUT2D eigenvalue weighted by Crippen LogP contribution is -2.41. The molecule has 0 fully saturated rings. The van der Waals surface area contributed by atoms with Crippen LogP contribution in [-0.2, 0) is 18.3 Å². The van der Waals surface area contributed by atoms with Crippen molar-refractivity contribution in [2.75, 3.05) is 0 Å². The average molecular weight is 287 g/mol. The number of aromatic nitrogens is 2. The van der Waals surface area contributed by atoms with Crippen LogP contribution < -0.4 is 5.32 Å². The largest absolute Gasteiger partial charge is 0.480 e. The van der Waals surface area contributed by atoms with Gasteiger partial charge in [0, 0.05) is 13.2 Å². The highest BCUT2D eigenvalue weighted by Crippen LogP contribution is 2.06. The van der Waals surface area contributed by atoms with E-state index in [4.69, 9.17) is 0 Å². The molecule has 2 N–H and O–H groups in total. The number of amides is 1. The minimum atomic E-state index is -1.05. The van der Waals surface area contributed by atoms with E-state index >= 15 is 0 Å². The number of benzene rings is 1. The molecule has 21 heavy (non-hydrogen) atoms. The molecule has 0 aliphatic heterocycles. The molecule has 1 atom stereocenters. The van der Waals surface area contributed by atoms with Crippen molar-refractivity contribution in [3.05, 3.63) is 54.1 Å². The summed E-state index contributed by atoms with van der Waals surface area (Å²) in [5, 5.41) is 11.7. The number of aliphatic carboxylic acids is 1. The standard InChI is InChI=1S/C15H17N3O3/c1-18-9-13(16-10-18)14(19)17-12(15(20)21)8-7-11-5-3-2-4-6-11/h2-6,9-10,12H,7-8H2,1H3,(H,17,19)(H,20,21). The fraction of sp³-hybridized carbons (Fsp3) is 0.267. The van der Waals surface area contributed by atoms with Crippen molar-refractivity contribution >= 4 is 11.9 Å². The molecule has 0 saturated heterocycles. The number of hydrogen-bond donors (Lipinski definition) is 2. The van der Waals surface area contributed by atoms with Crippen molar-refractivity contribution in [3.63, 3.8) is 0 Å². The molecule has 110 valence electrons. The molecule has 1 unspecified atom stereocenters. The highest BCUT2D eigenvalue weighted by Gasteiger charge is 2.21. The first kappa shape index (κ1) is 14.8. The maximum atomic E-state index is 11.9. The second kappa shape index (κ2) is 6.69. The van der Waals surface area contributed by atoms with Gasteiger partial charge in [-0.2, -0.15) is 0 Å². The summed E-state index contributed by atoms with van der Waals surface area (Å²) >= 11 is 0. The summed E-state index contributed by atoms with van der Waals surface area (Å²) < 4.78 is 1.63. The molecule has 0 saturated carbocycles. The number of rotatable bonds is 6.